The van der Waals surface area contributed by atoms with Crippen molar-refractivity contribution in [2.24, 2.45) is 11.8 Å². The molecule has 5 heterocycles. The van der Waals surface area contributed by atoms with Crippen molar-refractivity contribution in [3.8, 4) is 17.1 Å². The summed E-state index contributed by atoms with van der Waals surface area (Å²) in [5.74, 6) is 2.19. The minimum Gasteiger partial charge on any atom is -0.444 e. The number of carbonyl (C=O) groups is 1. The van der Waals surface area contributed by atoms with Gasteiger partial charge in [0.1, 0.15) is 28.8 Å². The topological polar surface area (TPSA) is 106 Å². The Morgan fingerprint density at radius 3 is 2.41 bits per heavy atom. The van der Waals surface area contributed by atoms with Gasteiger partial charge in [-0.15, -0.1) is 13.2 Å². The van der Waals surface area contributed by atoms with Crippen molar-refractivity contribution in [2.75, 3.05) is 36.4 Å². The van der Waals surface area contributed by atoms with Gasteiger partial charge in [0.05, 0.1) is 0 Å². The summed E-state index contributed by atoms with van der Waals surface area (Å²) in [6.07, 6.45) is 1.28. The van der Waals surface area contributed by atoms with Crippen LogP contribution in [0.1, 0.15) is 33.6 Å². The molecule has 2 fully saturated rings. The zero-order chi connectivity index (χ0) is 29.2. The number of piperidine rings is 1. The summed E-state index contributed by atoms with van der Waals surface area (Å²) in [6.45, 7) is 8.54. The predicted molar refractivity (Wildman–Crippen MR) is 146 cm³/mol. The van der Waals surface area contributed by atoms with Gasteiger partial charge >= 0.3 is 12.5 Å². The van der Waals surface area contributed by atoms with Crippen molar-refractivity contribution in [1.82, 2.24) is 24.8 Å². The Hall–Kier alpha value is -4.16. The Morgan fingerprint density at radius 2 is 1.76 bits per heavy atom. The van der Waals surface area contributed by atoms with Crippen LogP contribution in [0.5, 0.6) is 5.75 Å². The highest BCUT2D eigenvalue weighted by Gasteiger charge is 2.37. The number of hydrogen-bond donors (Lipinski definition) is 1. The molecule has 0 aliphatic carbocycles. The van der Waals surface area contributed by atoms with Gasteiger partial charge in [0.2, 0.25) is 0 Å². The number of alkyl halides is 3. The van der Waals surface area contributed by atoms with Gasteiger partial charge in [-0.2, -0.15) is 0 Å². The molecule has 1 N–H and O–H groups in total. The van der Waals surface area contributed by atoms with E-state index in [1.165, 1.54) is 6.20 Å². The highest BCUT2D eigenvalue weighted by Crippen LogP contribution is 2.36. The summed E-state index contributed by atoms with van der Waals surface area (Å²) in [5, 5.41) is 2.98. The maximum absolute atomic E-state index is 12.7. The van der Waals surface area contributed by atoms with Crippen molar-refractivity contribution in [3.63, 3.8) is 0 Å². The van der Waals surface area contributed by atoms with E-state index in [0.29, 0.717) is 47.9 Å². The maximum atomic E-state index is 12.7. The fraction of sp³-hybridized carbons (Fsp3) is 0.464. The number of halogens is 3. The summed E-state index contributed by atoms with van der Waals surface area (Å²) < 4.78 is 47.6. The van der Waals surface area contributed by atoms with Crippen molar-refractivity contribution in [1.29, 1.82) is 0 Å². The van der Waals surface area contributed by atoms with Crippen LogP contribution in [-0.4, -0.2) is 69.1 Å². The molecule has 3 aromatic rings. The zero-order valence-corrected chi connectivity index (χ0v) is 23.1. The van der Waals surface area contributed by atoms with Crippen molar-refractivity contribution >= 4 is 23.5 Å². The molecule has 2 saturated heterocycles. The van der Waals surface area contributed by atoms with Crippen LogP contribution < -0.4 is 15.0 Å². The molecule has 0 saturated carbocycles. The number of pyridine rings is 2. The van der Waals surface area contributed by atoms with Crippen molar-refractivity contribution < 1.29 is 27.4 Å². The third-order valence-corrected chi connectivity index (χ3v) is 6.95. The van der Waals surface area contributed by atoms with E-state index in [1.54, 1.807) is 29.4 Å². The number of nitrogens with one attached hydrogen (secondary N) is 1. The normalized spacial score (nSPS) is 16.7. The van der Waals surface area contributed by atoms with E-state index in [-0.39, 0.29) is 17.7 Å². The largest absolute Gasteiger partial charge is 0.573 e. The van der Waals surface area contributed by atoms with E-state index < -0.39 is 12.0 Å². The predicted octanol–water partition coefficient (Wildman–Crippen LogP) is 5.66. The minimum atomic E-state index is -4.81. The van der Waals surface area contributed by atoms with Gasteiger partial charge in [-0.3, -0.25) is 4.98 Å². The fourth-order valence-electron chi connectivity index (χ4n) is 4.97. The molecule has 0 atom stereocenters. The van der Waals surface area contributed by atoms with Gasteiger partial charge in [-0.25, -0.2) is 19.7 Å². The first-order valence-electron chi connectivity index (χ1n) is 13.4. The standard InChI is InChI=1S/C28H32F3N7O3/c1-27(2,3)41-26(39)37-11-7-18(8-12-37)20-16-38(17-20)24-14-23(35-25(36-24)19-5-4-9-32-15-19)34-22-13-21(6-10-33-22)40-28(29,30)31/h4-6,9-10,13-15,18,20H,7-8,11-12,16-17H2,1-3H3,(H,33,34,35,36). The third-order valence-electron chi connectivity index (χ3n) is 6.95. The SMILES string of the molecule is CC(C)(C)OC(=O)N1CCC(C2CN(c3cc(Nc4cc(OC(F)(F)F)ccn4)nc(-c4cccnc4)n3)C2)CC1. The summed E-state index contributed by atoms with van der Waals surface area (Å²) in [5.41, 5.74) is 0.184. The minimum absolute atomic E-state index is 0.145. The van der Waals surface area contributed by atoms with Gasteiger partial charge in [-0.1, -0.05) is 0 Å². The summed E-state index contributed by atoms with van der Waals surface area (Å²) in [7, 11) is 0. The van der Waals surface area contributed by atoms with Crippen LogP contribution in [0.15, 0.2) is 48.9 Å². The average molecular weight is 572 g/mol. The molecule has 5 rings (SSSR count). The molecule has 0 spiro atoms. The van der Waals surface area contributed by atoms with Crippen molar-refractivity contribution in [2.45, 2.75) is 45.6 Å². The third kappa shape index (κ3) is 7.53. The Labute approximate surface area is 235 Å². The van der Waals surface area contributed by atoms with E-state index in [4.69, 9.17) is 9.72 Å². The van der Waals surface area contributed by atoms with Gasteiger partial charge in [-0.05, 0) is 63.6 Å². The van der Waals surface area contributed by atoms with E-state index in [0.717, 1.165) is 38.1 Å². The van der Waals surface area contributed by atoms with E-state index in [2.05, 4.69) is 29.9 Å². The molecular formula is C28H32F3N7O3. The number of ether oxygens (including phenoxy) is 2. The van der Waals surface area contributed by atoms with E-state index in [1.807, 2.05) is 26.8 Å². The summed E-state index contributed by atoms with van der Waals surface area (Å²) in [4.78, 5) is 33.9. The lowest BCUT2D eigenvalue weighted by Crippen LogP contribution is -2.53. The maximum Gasteiger partial charge on any atom is 0.573 e. The zero-order valence-electron chi connectivity index (χ0n) is 23.1. The van der Waals surface area contributed by atoms with Gasteiger partial charge in [0.15, 0.2) is 5.82 Å². The molecule has 0 unspecified atom stereocenters. The Balaban J connectivity index is 1.27. The second-order valence-electron chi connectivity index (χ2n) is 11.2. The molecule has 2 aliphatic rings. The first kappa shape index (κ1) is 28.4. The number of carbonyl (C=O) groups excluding carboxylic acids is 1. The smallest absolute Gasteiger partial charge is 0.444 e. The average Bonchev–Trinajstić information content (AvgIpc) is 2.87. The number of rotatable bonds is 6. The number of amides is 1. The van der Waals surface area contributed by atoms with Crippen LogP contribution in [0, 0.1) is 11.8 Å². The lowest BCUT2D eigenvalue weighted by Gasteiger charge is -2.46. The van der Waals surface area contributed by atoms with Crippen LogP contribution in [0.25, 0.3) is 11.4 Å². The number of nitrogens with zero attached hydrogens (tertiary/aromatic N) is 6. The van der Waals surface area contributed by atoms with Crippen LogP contribution >= 0.6 is 0 Å². The molecular weight excluding hydrogens is 539 g/mol. The lowest BCUT2D eigenvalue weighted by atomic mass is 9.79. The van der Waals surface area contributed by atoms with Crippen molar-refractivity contribution in [3.05, 3.63) is 48.9 Å². The molecule has 0 bridgehead atoms. The molecule has 1 amide bonds. The van der Waals surface area contributed by atoms with Crippen LogP contribution in [0.4, 0.5) is 35.4 Å². The Kier molecular flexibility index (Phi) is 7.87. The molecule has 2 aliphatic heterocycles. The lowest BCUT2D eigenvalue weighted by molar-refractivity contribution is -0.274. The number of anilines is 3. The van der Waals surface area contributed by atoms with Crippen LogP contribution in [-0.2, 0) is 4.74 Å². The van der Waals surface area contributed by atoms with E-state index >= 15 is 0 Å². The monoisotopic (exact) mass is 571 g/mol. The molecule has 0 radical (unpaired) electrons. The molecule has 0 aromatic carbocycles. The Morgan fingerprint density at radius 1 is 1.00 bits per heavy atom. The molecule has 218 valence electrons. The highest BCUT2D eigenvalue weighted by atomic mass is 19.4. The molecule has 10 nitrogen and oxygen atoms in total. The molecule has 3 aromatic heterocycles. The second-order valence-corrected chi connectivity index (χ2v) is 11.2. The van der Waals surface area contributed by atoms with Gasteiger partial charge in [0.25, 0.3) is 0 Å². The highest BCUT2D eigenvalue weighted by molar-refractivity contribution is 5.68. The first-order chi connectivity index (χ1) is 19.4. The Bertz CT molecular complexity index is 1350. The van der Waals surface area contributed by atoms with Gasteiger partial charge < -0.3 is 24.6 Å². The number of hydrogen-bond acceptors (Lipinski definition) is 9. The van der Waals surface area contributed by atoms with E-state index in [9.17, 15) is 18.0 Å². The number of likely N-dealkylation sites (tertiary alicyclic amines) is 1. The first-order valence-corrected chi connectivity index (χ1v) is 13.4. The van der Waals surface area contributed by atoms with Crippen LogP contribution in [0.2, 0.25) is 0 Å². The van der Waals surface area contributed by atoms with Gasteiger partial charge in [0, 0.05) is 62.5 Å². The van der Waals surface area contributed by atoms with Crippen LogP contribution in [0.3, 0.4) is 0 Å². The summed E-state index contributed by atoms with van der Waals surface area (Å²) >= 11 is 0. The molecule has 13 heteroatoms. The molecule has 41 heavy (non-hydrogen) atoms. The fourth-order valence-corrected chi connectivity index (χ4v) is 4.97. The summed E-state index contributed by atoms with van der Waals surface area (Å²) in [6, 6.07) is 7.65. The second kappa shape index (κ2) is 11.4. The number of aromatic nitrogens is 4. The quantitative estimate of drug-likeness (QED) is 0.401.